The van der Waals surface area contributed by atoms with Crippen molar-refractivity contribution >= 4 is 17.7 Å². The zero-order valence-corrected chi connectivity index (χ0v) is 14.6. The zero-order valence-electron chi connectivity index (χ0n) is 14.6. The van der Waals surface area contributed by atoms with Crippen LogP contribution >= 0.6 is 0 Å². The largest absolute Gasteiger partial charge is 0.378 e. The molecule has 2 unspecified atom stereocenters. The van der Waals surface area contributed by atoms with Crippen LogP contribution in [0.25, 0.3) is 0 Å². The van der Waals surface area contributed by atoms with Gasteiger partial charge in [-0.05, 0) is 38.5 Å². The Labute approximate surface area is 148 Å². The lowest BCUT2D eigenvalue weighted by Gasteiger charge is -2.36. The third-order valence-corrected chi connectivity index (χ3v) is 6.28. The van der Waals surface area contributed by atoms with Crippen molar-refractivity contribution in [3.05, 3.63) is 12.2 Å². The lowest BCUT2D eigenvalue weighted by Crippen LogP contribution is -2.47. The summed E-state index contributed by atoms with van der Waals surface area (Å²) >= 11 is 0. The van der Waals surface area contributed by atoms with Gasteiger partial charge in [-0.1, -0.05) is 12.2 Å². The van der Waals surface area contributed by atoms with Crippen LogP contribution in [0.5, 0.6) is 0 Å². The van der Waals surface area contributed by atoms with Gasteiger partial charge in [0.25, 0.3) is 0 Å². The molecule has 2 saturated heterocycles. The van der Waals surface area contributed by atoms with Gasteiger partial charge in [0, 0.05) is 25.0 Å². The van der Waals surface area contributed by atoms with Gasteiger partial charge >= 0.3 is 0 Å². The van der Waals surface area contributed by atoms with Crippen LogP contribution in [0.4, 0.5) is 0 Å². The fourth-order valence-corrected chi connectivity index (χ4v) is 4.81. The average molecular weight is 346 g/mol. The van der Waals surface area contributed by atoms with E-state index in [1.807, 2.05) is 17.1 Å². The van der Waals surface area contributed by atoms with E-state index in [2.05, 4.69) is 0 Å². The maximum absolute atomic E-state index is 12.7. The summed E-state index contributed by atoms with van der Waals surface area (Å²) in [7, 11) is 0. The van der Waals surface area contributed by atoms with Gasteiger partial charge in [-0.2, -0.15) is 0 Å². The maximum Gasteiger partial charge on any atom is 0.233 e. The predicted octanol–water partition coefficient (Wildman–Crippen LogP) is 1.36. The molecule has 3 amide bonds. The fraction of sp³-hybridized carbons (Fsp3) is 0.737. The molecule has 2 aliphatic carbocycles. The third-order valence-electron chi connectivity index (χ3n) is 6.28. The van der Waals surface area contributed by atoms with Gasteiger partial charge < -0.3 is 9.64 Å². The third kappa shape index (κ3) is 3.01. The SMILES string of the molecule is O=C(C1CCC(N2C(=O)C3CC=CCC3C2=O)CC1)N1CCOCC1. The molecule has 2 atom stereocenters. The molecular weight excluding hydrogens is 320 g/mol. The van der Waals surface area contributed by atoms with Gasteiger partial charge in [0.1, 0.15) is 0 Å². The Bertz CT molecular complexity index is 562. The second-order valence-electron chi connectivity index (χ2n) is 7.65. The number of morpholine rings is 1. The molecule has 136 valence electrons. The van der Waals surface area contributed by atoms with Crippen LogP contribution in [0.2, 0.25) is 0 Å². The summed E-state index contributed by atoms with van der Waals surface area (Å²) in [5.74, 6) is -0.00943. The Hall–Kier alpha value is -1.69. The summed E-state index contributed by atoms with van der Waals surface area (Å²) in [6.45, 7) is 2.60. The molecule has 3 fully saturated rings. The number of carbonyl (C=O) groups is 3. The molecule has 1 saturated carbocycles. The minimum absolute atomic E-state index is 0.0145. The van der Waals surface area contributed by atoms with Crippen LogP contribution in [-0.4, -0.2) is 59.9 Å². The van der Waals surface area contributed by atoms with E-state index in [0.717, 1.165) is 25.7 Å². The zero-order chi connectivity index (χ0) is 17.4. The summed E-state index contributed by atoms with van der Waals surface area (Å²) < 4.78 is 5.31. The number of hydrogen-bond donors (Lipinski definition) is 0. The van der Waals surface area contributed by atoms with E-state index in [-0.39, 0.29) is 41.5 Å². The van der Waals surface area contributed by atoms with Crippen LogP contribution < -0.4 is 0 Å². The van der Waals surface area contributed by atoms with Crippen molar-refractivity contribution in [3.8, 4) is 0 Å². The summed E-state index contributed by atoms with van der Waals surface area (Å²) in [5, 5.41) is 0. The van der Waals surface area contributed by atoms with Gasteiger partial charge in [-0.3, -0.25) is 19.3 Å². The lowest BCUT2D eigenvalue weighted by molar-refractivity contribution is -0.144. The average Bonchev–Trinajstić information content (AvgIpc) is 2.93. The van der Waals surface area contributed by atoms with Crippen molar-refractivity contribution in [1.29, 1.82) is 0 Å². The second-order valence-corrected chi connectivity index (χ2v) is 7.65. The summed E-state index contributed by atoms with van der Waals surface area (Å²) in [5.41, 5.74) is 0. The molecular formula is C19H26N2O4. The number of rotatable bonds is 2. The van der Waals surface area contributed by atoms with Crippen molar-refractivity contribution in [3.63, 3.8) is 0 Å². The molecule has 0 aromatic heterocycles. The minimum atomic E-state index is -0.148. The van der Waals surface area contributed by atoms with Gasteiger partial charge in [0.15, 0.2) is 0 Å². The summed E-state index contributed by atoms with van der Waals surface area (Å²) in [6, 6.07) is -0.0145. The highest BCUT2D eigenvalue weighted by Gasteiger charge is 2.50. The number of ether oxygens (including phenoxy) is 1. The Kier molecular flexibility index (Phi) is 4.63. The van der Waals surface area contributed by atoms with Crippen molar-refractivity contribution in [2.75, 3.05) is 26.3 Å². The fourth-order valence-electron chi connectivity index (χ4n) is 4.81. The van der Waals surface area contributed by atoms with E-state index in [1.165, 1.54) is 0 Å². The standard InChI is InChI=1S/C19H26N2O4/c22-17(20-9-11-25-12-10-20)13-5-7-14(8-6-13)21-18(23)15-3-1-2-4-16(15)19(21)24/h1-2,13-16H,3-12H2. The van der Waals surface area contributed by atoms with Gasteiger partial charge in [0.2, 0.25) is 17.7 Å². The van der Waals surface area contributed by atoms with Crippen LogP contribution in [0.3, 0.4) is 0 Å². The molecule has 0 radical (unpaired) electrons. The van der Waals surface area contributed by atoms with E-state index < -0.39 is 0 Å². The van der Waals surface area contributed by atoms with Gasteiger partial charge in [0.05, 0.1) is 25.0 Å². The number of imide groups is 1. The Morgan fingerprint density at radius 3 is 2.04 bits per heavy atom. The molecule has 2 aliphatic heterocycles. The lowest BCUT2D eigenvalue weighted by atomic mass is 9.84. The second kappa shape index (κ2) is 6.90. The topological polar surface area (TPSA) is 66.9 Å². The Morgan fingerprint density at radius 2 is 1.48 bits per heavy atom. The number of fused-ring (bicyclic) bond motifs is 1. The normalized spacial score (nSPS) is 35.8. The molecule has 6 heteroatoms. The highest BCUT2D eigenvalue weighted by atomic mass is 16.5. The van der Waals surface area contributed by atoms with E-state index in [9.17, 15) is 14.4 Å². The summed E-state index contributed by atoms with van der Waals surface area (Å²) in [4.78, 5) is 41.5. The first-order valence-corrected chi connectivity index (χ1v) is 9.55. The molecule has 4 rings (SSSR count). The van der Waals surface area contributed by atoms with Crippen LogP contribution in [-0.2, 0) is 19.1 Å². The monoisotopic (exact) mass is 346 g/mol. The molecule has 0 aromatic rings. The maximum atomic E-state index is 12.7. The van der Waals surface area contributed by atoms with Crippen LogP contribution in [0, 0.1) is 17.8 Å². The number of carbonyl (C=O) groups excluding carboxylic acids is 3. The Balaban J connectivity index is 1.36. The van der Waals surface area contributed by atoms with E-state index in [4.69, 9.17) is 4.74 Å². The van der Waals surface area contributed by atoms with Gasteiger partial charge in [-0.15, -0.1) is 0 Å². The molecule has 4 aliphatic rings. The van der Waals surface area contributed by atoms with Crippen molar-refractivity contribution in [2.24, 2.45) is 17.8 Å². The first-order valence-electron chi connectivity index (χ1n) is 9.55. The summed E-state index contributed by atoms with van der Waals surface area (Å²) in [6.07, 6.45) is 8.47. The van der Waals surface area contributed by atoms with Crippen molar-refractivity contribution in [1.82, 2.24) is 9.80 Å². The molecule has 0 spiro atoms. The number of nitrogens with zero attached hydrogens (tertiary/aromatic N) is 2. The number of likely N-dealkylation sites (tertiary alicyclic amines) is 1. The molecule has 0 aromatic carbocycles. The van der Waals surface area contributed by atoms with E-state index in [0.29, 0.717) is 39.1 Å². The molecule has 25 heavy (non-hydrogen) atoms. The van der Waals surface area contributed by atoms with Crippen molar-refractivity contribution in [2.45, 2.75) is 44.6 Å². The minimum Gasteiger partial charge on any atom is -0.378 e. The number of hydrogen-bond acceptors (Lipinski definition) is 4. The molecule has 6 nitrogen and oxygen atoms in total. The molecule has 0 N–H and O–H groups in total. The first-order chi connectivity index (χ1) is 12.2. The highest BCUT2D eigenvalue weighted by molar-refractivity contribution is 6.05. The predicted molar refractivity (Wildman–Crippen MR) is 90.4 cm³/mol. The van der Waals surface area contributed by atoms with Crippen LogP contribution in [0.1, 0.15) is 38.5 Å². The number of amides is 3. The number of allylic oxidation sites excluding steroid dienone is 2. The molecule has 2 heterocycles. The van der Waals surface area contributed by atoms with E-state index >= 15 is 0 Å². The first kappa shape index (κ1) is 16.8. The Morgan fingerprint density at radius 1 is 0.920 bits per heavy atom. The van der Waals surface area contributed by atoms with Gasteiger partial charge in [-0.25, -0.2) is 0 Å². The highest BCUT2D eigenvalue weighted by Crippen LogP contribution is 2.39. The van der Waals surface area contributed by atoms with Crippen LogP contribution in [0.15, 0.2) is 12.2 Å². The smallest absolute Gasteiger partial charge is 0.233 e. The quantitative estimate of drug-likeness (QED) is 0.559. The molecule has 0 bridgehead atoms. The van der Waals surface area contributed by atoms with E-state index in [1.54, 1.807) is 4.90 Å². The van der Waals surface area contributed by atoms with Crippen molar-refractivity contribution < 1.29 is 19.1 Å².